The van der Waals surface area contributed by atoms with E-state index in [0.29, 0.717) is 23.4 Å². The molecule has 0 bridgehead atoms. The lowest BCUT2D eigenvalue weighted by molar-refractivity contribution is 0.0949. The molecule has 0 saturated carbocycles. The second kappa shape index (κ2) is 8.66. The number of nitrogens with one attached hydrogen (secondary N) is 3. The second-order valence-electron chi connectivity index (χ2n) is 6.08. The van der Waals surface area contributed by atoms with E-state index in [1.165, 1.54) is 0 Å². The van der Waals surface area contributed by atoms with E-state index in [9.17, 15) is 14.4 Å². The summed E-state index contributed by atoms with van der Waals surface area (Å²) in [5.41, 5.74) is 7.41. The van der Waals surface area contributed by atoms with E-state index in [4.69, 9.17) is 5.73 Å². The average molecular weight is 354 g/mol. The van der Waals surface area contributed by atoms with Crippen molar-refractivity contribution in [1.29, 1.82) is 0 Å². The smallest absolute Gasteiger partial charge is 0.319 e. The number of hydrogen-bond donors (Lipinski definition) is 4. The molecule has 7 nitrogen and oxygen atoms in total. The maximum atomic E-state index is 12.3. The van der Waals surface area contributed by atoms with Crippen molar-refractivity contribution in [2.45, 2.75) is 26.4 Å². The monoisotopic (exact) mass is 354 g/mol. The van der Waals surface area contributed by atoms with Gasteiger partial charge in [-0.1, -0.05) is 18.2 Å². The standard InChI is InChI=1S/C19H22N4O3/c1-12(2)22-19(26)23-16-5-3-4-15(10-16)18(25)21-11-13-6-8-14(9-7-13)17(20)24/h3-10,12H,11H2,1-2H3,(H2,20,24)(H,21,25)(H2,22,23,26). The van der Waals surface area contributed by atoms with E-state index in [1.54, 1.807) is 48.5 Å². The van der Waals surface area contributed by atoms with Gasteiger partial charge in [-0.2, -0.15) is 0 Å². The highest BCUT2D eigenvalue weighted by atomic mass is 16.2. The quantitative estimate of drug-likeness (QED) is 0.638. The van der Waals surface area contributed by atoms with E-state index in [2.05, 4.69) is 16.0 Å². The molecule has 0 heterocycles. The number of amides is 4. The van der Waals surface area contributed by atoms with Crippen molar-refractivity contribution in [3.8, 4) is 0 Å². The SMILES string of the molecule is CC(C)NC(=O)Nc1cccc(C(=O)NCc2ccc(C(N)=O)cc2)c1. The predicted octanol–water partition coefficient (Wildman–Crippen LogP) is 2.25. The van der Waals surface area contributed by atoms with Gasteiger partial charge in [-0.05, 0) is 49.7 Å². The summed E-state index contributed by atoms with van der Waals surface area (Å²) in [4.78, 5) is 35.1. The Morgan fingerprint density at radius 1 is 1.00 bits per heavy atom. The molecule has 0 aliphatic rings. The summed E-state index contributed by atoms with van der Waals surface area (Å²) in [6, 6.07) is 13.0. The molecule has 5 N–H and O–H groups in total. The minimum Gasteiger partial charge on any atom is -0.366 e. The third kappa shape index (κ3) is 5.62. The highest BCUT2D eigenvalue weighted by Crippen LogP contribution is 2.11. The van der Waals surface area contributed by atoms with E-state index in [0.717, 1.165) is 5.56 Å². The summed E-state index contributed by atoms with van der Waals surface area (Å²) in [6.45, 7) is 4.03. The number of rotatable bonds is 6. The molecule has 26 heavy (non-hydrogen) atoms. The summed E-state index contributed by atoms with van der Waals surface area (Å²) in [7, 11) is 0. The van der Waals surface area contributed by atoms with Crippen LogP contribution in [0, 0.1) is 0 Å². The number of primary amides is 1. The largest absolute Gasteiger partial charge is 0.366 e. The lowest BCUT2D eigenvalue weighted by atomic mass is 10.1. The highest BCUT2D eigenvalue weighted by molar-refractivity contribution is 5.97. The summed E-state index contributed by atoms with van der Waals surface area (Å²) in [5, 5.41) is 8.19. The Kier molecular flexibility index (Phi) is 6.32. The minimum absolute atomic E-state index is 0.0161. The molecule has 4 amide bonds. The van der Waals surface area contributed by atoms with Gasteiger partial charge in [0.15, 0.2) is 0 Å². The normalized spacial score (nSPS) is 10.3. The molecule has 0 aromatic heterocycles. The van der Waals surface area contributed by atoms with Gasteiger partial charge in [-0.15, -0.1) is 0 Å². The van der Waals surface area contributed by atoms with Gasteiger partial charge in [-0.3, -0.25) is 9.59 Å². The van der Waals surface area contributed by atoms with Crippen LogP contribution >= 0.6 is 0 Å². The Bertz CT molecular complexity index is 801. The van der Waals surface area contributed by atoms with Gasteiger partial charge >= 0.3 is 6.03 Å². The lowest BCUT2D eigenvalue weighted by Crippen LogP contribution is -2.34. The van der Waals surface area contributed by atoms with Crippen LogP contribution in [-0.4, -0.2) is 23.9 Å². The number of carbonyl (C=O) groups is 3. The van der Waals surface area contributed by atoms with Crippen molar-refractivity contribution in [3.05, 3.63) is 65.2 Å². The van der Waals surface area contributed by atoms with Gasteiger partial charge in [0.05, 0.1) is 0 Å². The number of anilines is 1. The fourth-order valence-corrected chi connectivity index (χ4v) is 2.24. The molecule has 7 heteroatoms. The van der Waals surface area contributed by atoms with E-state index in [-0.39, 0.29) is 18.0 Å². The molecule has 0 aliphatic carbocycles. The van der Waals surface area contributed by atoms with Crippen molar-refractivity contribution >= 4 is 23.5 Å². The summed E-state index contributed by atoms with van der Waals surface area (Å²) >= 11 is 0. The van der Waals surface area contributed by atoms with Gasteiger partial charge in [0.2, 0.25) is 5.91 Å². The summed E-state index contributed by atoms with van der Waals surface area (Å²) in [6.07, 6.45) is 0. The van der Waals surface area contributed by atoms with Crippen LogP contribution in [-0.2, 0) is 6.54 Å². The fourth-order valence-electron chi connectivity index (χ4n) is 2.24. The molecule has 0 radical (unpaired) electrons. The van der Waals surface area contributed by atoms with E-state index >= 15 is 0 Å². The molecule has 2 aromatic carbocycles. The molecule has 0 spiro atoms. The molecule has 0 saturated heterocycles. The Balaban J connectivity index is 1.95. The van der Waals surface area contributed by atoms with Crippen LogP contribution in [0.2, 0.25) is 0 Å². The van der Waals surface area contributed by atoms with Crippen LogP contribution in [0.5, 0.6) is 0 Å². The molecule has 0 unspecified atom stereocenters. The molecule has 2 aromatic rings. The number of hydrogen-bond acceptors (Lipinski definition) is 3. The highest BCUT2D eigenvalue weighted by Gasteiger charge is 2.09. The topological polar surface area (TPSA) is 113 Å². The van der Waals surface area contributed by atoms with Crippen LogP contribution in [0.15, 0.2) is 48.5 Å². The van der Waals surface area contributed by atoms with Crippen LogP contribution in [0.3, 0.4) is 0 Å². The zero-order valence-corrected chi connectivity index (χ0v) is 14.7. The van der Waals surface area contributed by atoms with Crippen molar-refractivity contribution in [2.75, 3.05) is 5.32 Å². The molecule has 0 aliphatic heterocycles. The molecule has 2 rings (SSSR count). The minimum atomic E-state index is -0.494. The molecule has 0 atom stereocenters. The second-order valence-corrected chi connectivity index (χ2v) is 6.08. The van der Waals surface area contributed by atoms with Gasteiger partial charge < -0.3 is 21.7 Å². The third-order valence-electron chi connectivity index (χ3n) is 3.49. The van der Waals surface area contributed by atoms with Crippen LogP contribution in [0.4, 0.5) is 10.5 Å². The van der Waals surface area contributed by atoms with Crippen LogP contribution in [0.25, 0.3) is 0 Å². The lowest BCUT2D eigenvalue weighted by Gasteiger charge is -2.11. The summed E-state index contributed by atoms with van der Waals surface area (Å²) < 4.78 is 0. The number of urea groups is 1. The van der Waals surface area contributed by atoms with Gasteiger partial charge in [0.1, 0.15) is 0 Å². The Morgan fingerprint density at radius 3 is 2.31 bits per heavy atom. The number of nitrogens with two attached hydrogens (primary N) is 1. The van der Waals surface area contributed by atoms with Gasteiger partial charge in [0.25, 0.3) is 5.91 Å². The van der Waals surface area contributed by atoms with Crippen molar-refractivity contribution in [2.24, 2.45) is 5.73 Å². The Labute approximate surface area is 152 Å². The van der Waals surface area contributed by atoms with E-state index < -0.39 is 5.91 Å². The molecular formula is C19H22N4O3. The maximum absolute atomic E-state index is 12.3. The number of carbonyl (C=O) groups excluding carboxylic acids is 3. The first-order valence-electron chi connectivity index (χ1n) is 8.19. The molecular weight excluding hydrogens is 332 g/mol. The van der Waals surface area contributed by atoms with Crippen LogP contribution < -0.4 is 21.7 Å². The Morgan fingerprint density at radius 2 is 1.69 bits per heavy atom. The third-order valence-corrected chi connectivity index (χ3v) is 3.49. The molecule has 0 fully saturated rings. The molecule has 136 valence electrons. The first-order chi connectivity index (χ1) is 12.3. The van der Waals surface area contributed by atoms with Gasteiger partial charge in [-0.25, -0.2) is 4.79 Å². The van der Waals surface area contributed by atoms with Crippen LogP contribution in [0.1, 0.15) is 40.1 Å². The zero-order valence-electron chi connectivity index (χ0n) is 14.7. The summed E-state index contributed by atoms with van der Waals surface area (Å²) in [5.74, 6) is -0.761. The van der Waals surface area contributed by atoms with Crippen molar-refractivity contribution < 1.29 is 14.4 Å². The van der Waals surface area contributed by atoms with Crippen molar-refractivity contribution in [3.63, 3.8) is 0 Å². The van der Waals surface area contributed by atoms with Crippen molar-refractivity contribution in [1.82, 2.24) is 10.6 Å². The fraction of sp³-hybridized carbons (Fsp3) is 0.211. The maximum Gasteiger partial charge on any atom is 0.319 e. The first kappa shape index (κ1) is 19.0. The Hall–Kier alpha value is -3.35. The predicted molar refractivity (Wildman–Crippen MR) is 99.9 cm³/mol. The number of benzene rings is 2. The first-order valence-corrected chi connectivity index (χ1v) is 8.19. The zero-order chi connectivity index (χ0) is 19.1. The van der Waals surface area contributed by atoms with Gasteiger partial charge in [0, 0.05) is 29.4 Å². The van der Waals surface area contributed by atoms with E-state index in [1.807, 2.05) is 13.8 Å². The average Bonchev–Trinajstić information content (AvgIpc) is 2.59.